The Morgan fingerprint density at radius 2 is 2.40 bits per heavy atom. The Morgan fingerprint density at radius 1 is 1.60 bits per heavy atom. The molecule has 0 aromatic carbocycles. The molecule has 1 aromatic rings. The Morgan fingerprint density at radius 3 is 3.00 bits per heavy atom. The standard InChI is InChI=1S/C10H16N4O/c1-10(2)4-3-5-14(6-10)9(15)8-11-7-12-13-8/h7H,3-6H2,1-2H3,(H,11,12,13). The molecule has 0 bridgehead atoms. The van der Waals surface area contributed by atoms with Crippen molar-refractivity contribution in [3.63, 3.8) is 0 Å². The monoisotopic (exact) mass is 208 g/mol. The van der Waals surface area contributed by atoms with Crippen molar-refractivity contribution in [2.75, 3.05) is 13.1 Å². The molecule has 1 aliphatic heterocycles. The Kier molecular flexibility index (Phi) is 2.46. The van der Waals surface area contributed by atoms with Crippen molar-refractivity contribution in [2.45, 2.75) is 26.7 Å². The second-order valence-electron chi connectivity index (χ2n) is 4.83. The van der Waals surface area contributed by atoms with Crippen LogP contribution in [0.15, 0.2) is 6.33 Å². The minimum Gasteiger partial charge on any atom is -0.335 e. The van der Waals surface area contributed by atoms with Crippen LogP contribution in [0.3, 0.4) is 0 Å². The van der Waals surface area contributed by atoms with E-state index >= 15 is 0 Å². The normalized spacial score (nSPS) is 20.3. The van der Waals surface area contributed by atoms with E-state index in [4.69, 9.17) is 0 Å². The number of rotatable bonds is 1. The number of amides is 1. The van der Waals surface area contributed by atoms with Gasteiger partial charge in [0, 0.05) is 13.1 Å². The van der Waals surface area contributed by atoms with Crippen LogP contribution in [0.4, 0.5) is 0 Å². The van der Waals surface area contributed by atoms with E-state index in [2.05, 4.69) is 29.0 Å². The SMILES string of the molecule is CC1(C)CCCN(C(=O)c2ncn[nH]2)C1. The third-order valence-corrected chi connectivity index (χ3v) is 2.81. The van der Waals surface area contributed by atoms with E-state index < -0.39 is 0 Å². The van der Waals surface area contributed by atoms with Gasteiger partial charge in [-0.25, -0.2) is 4.98 Å². The van der Waals surface area contributed by atoms with Crippen LogP contribution in [0, 0.1) is 5.41 Å². The van der Waals surface area contributed by atoms with E-state index in [1.165, 1.54) is 12.7 Å². The second-order valence-corrected chi connectivity index (χ2v) is 4.83. The van der Waals surface area contributed by atoms with Crippen molar-refractivity contribution >= 4 is 5.91 Å². The number of piperidine rings is 1. The number of carbonyl (C=O) groups excluding carboxylic acids is 1. The molecule has 0 saturated carbocycles. The van der Waals surface area contributed by atoms with Gasteiger partial charge in [-0.1, -0.05) is 13.8 Å². The van der Waals surface area contributed by atoms with Crippen LogP contribution in [0.1, 0.15) is 37.3 Å². The van der Waals surface area contributed by atoms with Gasteiger partial charge >= 0.3 is 0 Å². The van der Waals surface area contributed by atoms with E-state index in [-0.39, 0.29) is 11.3 Å². The smallest absolute Gasteiger partial charge is 0.291 e. The molecule has 0 spiro atoms. The molecule has 2 heterocycles. The number of H-pyrrole nitrogens is 1. The Labute approximate surface area is 88.9 Å². The summed E-state index contributed by atoms with van der Waals surface area (Å²) in [4.78, 5) is 17.7. The van der Waals surface area contributed by atoms with Crippen LogP contribution in [-0.4, -0.2) is 39.1 Å². The fourth-order valence-electron chi connectivity index (χ4n) is 2.05. The van der Waals surface area contributed by atoms with Gasteiger partial charge in [0.1, 0.15) is 6.33 Å². The average Bonchev–Trinajstić information content (AvgIpc) is 2.67. The molecule has 0 aliphatic carbocycles. The summed E-state index contributed by atoms with van der Waals surface area (Å²) < 4.78 is 0. The van der Waals surface area contributed by atoms with Crippen molar-refractivity contribution in [3.05, 3.63) is 12.2 Å². The molecule has 1 fully saturated rings. The highest BCUT2D eigenvalue weighted by molar-refractivity contribution is 5.90. The fraction of sp³-hybridized carbons (Fsp3) is 0.700. The van der Waals surface area contributed by atoms with Crippen molar-refractivity contribution in [1.29, 1.82) is 0 Å². The summed E-state index contributed by atoms with van der Waals surface area (Å²) in [6.07, 6.45) is 3.60. The first-order valence-corrected chi connectivity index (χ1v) is 5.23. The van der Waals surface area contributed by atoms with Gasteiger partial charge in [-0.05, 0) is 18.3 Å². The average molecular weight is 208 g/mol. The Bertz CT molecular complexity index is 344. The van der Waals surface area contributed by atoms with Gasteiger partial charge in [-0.2, -0.15) is 5.10 Å². The zero-order valence-electron chi connectivity index (χ0n) is 9.16. The number of nitrogens with zero attached hydrogens (tertiary/aromatic N) is 3. The lowest BCUT2D eigenvalue weighted by atomic mass is 9.84. The number of nitrogens with one attached hydrogen (secondary N) is 1. The first-order valence-electron chi connectivity index (χ1n) is 5.23. The number of carbonyl (C=O) groups is 1. The van der Waals surface area contributed by atoms with Gasteiger partial charge in [0.15, 0.2) is 0 Å². The lowest BCUT2D eigenvalue weighted by Crippen LogP contribution is -2.43. The molecule has 0 atom stereocenters. The van der Waals surface area contributed by atoms with Crippen molar-refractivity contribution < 1.29 is 4.79 Å². The van der Waals surface area contributed by atoms with E-state index in [0.717, 1.165) is 19.5 Å². The predicted molar refractivity (Wildman–Crippen MR) is 55.3 cm³/mol. The van der Waals surface area contributed by atoms with Crippen LogP contribution in [-0.2, 0) is 0 Å². The van der Waals surface area contributed by atoms with Gasteiger partial charge in [-0.15, -0.1) is 0 Å². The summed E-state index contributed by atoms with van der Waals surface area (Å²) in [6, 6.07) is 0. The van der Waals surface area contributed by atoms with Crippen LogP contribution in [0.5, 0.6) is 0 Å². The largest absolute Gasteiger partial charge is 0.335 e. The van der Waals surface area contributed by atoms with Crippen LogP contribution in [0.25, 0.3) is 0 Å². The van der Waals surface area contributed by atoms with Crippen molar-refractivity contribution in [3.8, 4) is 0 Å². The van der Waals surface area contributed by atoms with Gasteiger partial charge < -0.3 is 4.90 Å². The maximum absolute atomic E-state index is 11.9. The summed E-state index contributed by atoms with van der Waals surface area (Å²) in [5, 5.41) is 6.30. The number of aromatic amines is 1. The van der Waals surface area contributed by atoms with E-state index in [0.29, 0.717) is 5.82 Å². The molecule has 2 rings (SSSR count). The number of aromatic nitrogens is 3. The van der Waals surface area contributed by atoms with E-state index in [9.17, 15) is 4.79 Å². The minimum absolute atomic E-state index is 0.0414. The van der Waals surface area contributed by atoms with Crippen molar-refractivity contribution in [2.24, 2.45) is 5.41 Å². The molecule has 5 nitrogen and oxygen atoms in total. The topological polar surface area (TPSA) is 61.9 Å². The lowest BCUT2D eigenvalue weighted by Gasteiger charge is -2.37. The van der Waals surface area contributed by atoms with Gasteiger partial charge in [0.05, 0.1) is 0 Å². The molecule has 15 heavy (non-hydrogen) atoms. The molecule has 1 aliphatic rings. The first kappa shape index (κ1) is 10.1. The van der Waals surface area contributed by atoms with E-state index in [1.54, 1.807) is 0 Å². The quantitative estimate of drug-likeness (QED) is 0.750. The molecule has 1 aromatic heterocycles. The summed E-state index contributed by atoms with van der Waals surface area (Å²) in [5.41, 5.74) is 0.216. The predicted octanol–water partition coefficient (Wildman–Crippen LogP) is 1.07. The highest BCUT2D eigenvalue weighted by atomic mass is 16.2. The van der Waals surface area contributed by atoms with Gasteiger partial charge in [-0.3, -0.25) is 9.89 Å². The fourth-order valence-corrected chi connectivity index (χ4v) is 2.05. The van der Waals surface area contributed by atoms with Crippen LogP contribution < -0.4 is 0 Å². The number of likely N-dealkylation sites (tertiary alicyclic amines) is 1. The summed E-state index contributed by atoms with van der Waals surface area (Å²) in [7, 11) is 0. The summed E-state index contributed by atoms with van der Waals surface area (Å²) >= 11 is 0. The molecule has 1 saturated heterocycles. The second kappa shape index (κ2) is 3.64. The number of hydrogen-bond acceptors (Lipinski definition) is 3. The molecule has 1 N–H and O–H groups in total. The van der Waals surface area contributed by atoms with Crippen molar-refractivity contribution in [1.82, 2.24) is 20.1 Å². The Hall–Kier alpha value is -1.39. The number of hydrogen-bond donors (Lipinski definition) is 1. The minimum atomic E-state index is -0.0414. The molecule has 5 heteroatoms. The molecular weight excluding hydrogens is 192 g/mol. The zero-order valence-corrected chi connectivity index (χ0v) is 9.16. The molecular formula is C10H16N4O. The maximum atomic E-state index is 11.9. The van der Waals surface area contributed by atoms with Gasteiger partial charge in [0.25, 0.3) is 5.91 Å². The highest BCUT2D eigenvalue weighted by Crippen LogP contribution is 2.28. The van der Waals surface area contributed by atoms with Gasteiger partial charge in [0.2, 0.25) is 5.82 Å². The zero-order chi connectivity index (χ0) is 10.9. The van der Waals surface area contributed by atoms with Crippen LogP contribution in [0.2, 0.25) is 0 Å². The lowest BCUT2D eigenvalue weighted by molar-refractivity contribution is 0.0572. The molecule has 0 radical (unpaired) electrons. The third-order valence-electron chi connectivity index (χ3n) is 2.81. The summed E-state index contributed by atoms with van der Waals surface area (Å²) in [5.74, 6) is 0.299. The van der Waals surface area contributed by atoms with E-state index in [1.807, 2.05) is 4.90 Å². The Balaban J connectivity index is 2.08. The molecule has 82 valence electrons. The van der Waals surface area contributed by atoms with Crippen LogP contribution >= 0.6 is 0 Å². The first-order chi connectivity index (χ1) is 7.08. The highest BCUT2D eigenvalue weighted by Gasteiger charge is 2.30. The maximum Gasteiger partial charge on any atom is 0.291 e. The molecule has 0 unspecified atom stereocenters. The third kappa shape index (κ3) is 2.16. The molecule has 1 amide bonds. The summed E-state index contributed by atoms with van der Waals surface area (Å²) in [6.45, 7) is 6.00.